The number of nitrogens with one attached hydrogen (secondary N) is 2. The summed E-state index contributed by atoms with van der Waals surface area (Å²) in [4.78, 5) is 12.4. The Morgan fingerprint density at radius 1 is 1.58 bits per heavy atom. The summed E-state index contributed by atoms with van der Waals surface area (Å²) in [5.74, 6) is 0.129. The molecule has 2 atom stereocenters. The van der Waals surface area contributed by atoms with E-state index in [0.29, 0.717) is 5.02 Å². The summed E-state index contributed by atoms with van der Waals surface area (Å²) in [6.45, 7) is 5.76. The van der Waals surface area contributed by atoms with Gasteiger partial charge in [-0.15, -0.1) is 0 Å². The summed E-state index contributed by atoms with van der Waals surface area (Å²) in [6.07, 6.45) is 1.75. The molecule has 1 aliphatic heterocycles. The van der Waals surface area contributed by atoms with Crippen molar-refractivity contribution in [2.45, 2.75) is 32.7 Å². The molecule has 1 amide bonds. The highest BCUT2D eigenvalue weighted by Crippen LogP contribution is 2.27. The first-order chi connectivity index (χ1) is 9.05. The third-order valence-corrected chi connectivity index (χ3v) is 4.12. The first-order valence-corrected chi connectivity index (χ1v) is 7.20. The van der Waals surface area contributed by atoms with Crippen LogP contribution < -0.4 is 10.6 Å². The second kappa shape index (κ2) is 5.93. The molecule has 3 nitrogen and oxygen atoms in total. The van der Waals surface area contributed by atoms with Crippen LogP contribution in [0.25, 0.3) is 0 Å². The van der Waals surface area contributed by atoms with E-state index in [0.717, 1.165) is 31.5 Å². The zero-order chi connectivity index (χ0) is 13.9. The number of carbonyl (C=O) groups is 1. The van der Waals surface area contributed by atoms with E-state index in [1.807, 2.05) is 31.2 Å². The molecule has 1 saturated heterocycles. The maximum atomic E-state index is 12.4. The first kappa shape index (κ1) is 14.4. The number of amides is 1. The van der Waals surface area contributed by atoms with Gasteiger partial charge in [0.15, 0.2) is 0 Å². The van der Waals surface area contributed by atoms with E-state index >= 15 is 0 Å². The van der Waals surface area contributed by atoms with E-state index < -0.39 is 0 Å². The third-order valence-electron chi connectivity index (χ3n) is 3.88. The van der Waals surface area contributed by atoms with Crippen LogP contribution in [0, 0.1) is 5.41 Å². The molecule has 1 aromatic carbocycles. The van der Waals surface area contributed by atoms with Crippen LogP contribution in [0.3, 0.4) is 0 Å². The molecular formula is C15H21ClN2O. The number of hydrogen-bond donors (Lipinski definition) is 2. The van der Waals surface area contributed by atoms with Gasteiger partial charge in [0.25, 0.3) is 0 Å². The Morgan fingerprint density at radius 2 is 2.37 bits per heavy atom. The SMILES string of the molecule is CCC(NC(=O)C1(C)CCNC1)c1cccc(Cl)c1. The van der Waals surface area contributed by atoms with Gasteiger partial charge in [0.1, 0.15) is 0 Å². The van der Waals surface area contributed by atoms with Crippen LogP contribution >= 0.6 is 11.6 Å². The molecular weight excluding hydrogens is 260 g/mol. The molecule has 2 N–H and O–H groups in total. The summed E-state index contributed by atoms with van der Waals surface area (Å²) in [7, 11) is 0. The lowest BCUT2D eigenvalue weighted by Crippen LogP contribution is -2.42. The van der Waals surface area contributed by atoms with Gasteiger partial charge in [0, 0.05) is 11.6 Å². The van der Waals surface area contributed by atoms with Gasteiger partial charge in [-0.25, -0.2) is 0 Å². The topological polar surface area (TPSA) is 41.1 Å². The standard InChI is InChI=1S/C15H21ClN2O/c1-3-13(11-5-4-6-12(16)9-11)18-14(19)15(2)7-8-17-10-15/h4-6,9,13,17H,3,7-8,10H2,1-2H3,(H,18,19). The number of halogens is 1. The van der Waals surface area contributed by atoms with Crippen molar-refractivity contribution >= 4 is 17.5 Å². The highest BCUT2D eigenvalue weighted by Gasteiger charge is 2.37. The quantitative estimate of drug-likeness (QED) is 0.890. The maximum Gasteiger partial charge on any atom is 0.227 e. The number of benzene rings is 1. The van der Waals surface area contributed by atoms with Crippen molar-refractivity contribution in [1.29, 1.82) is 0 Å². The summed E-state index contributed by atoms with van der Waals surface area (Å²) >= 11 is 6.01. The lowest BCUT2D eigenvalue weighted by atomic mass is 9.88. The lowest BCUT2D eigenvalue weighted by molar-refractivity contribution is -0.130. The number of rotatable bonds is 4. The maximum absolute atomic E-state index is 12.4. The average Bonchev–Trinajstić information content (AvgIpc) is 2.84. The largest absolute Gasteiger partial charge is 0.349 e. The van der Waals surface area contributed by atoms with Gasteiger partial charge in [0.2, 0.25) is 5.91 Å². The van der Waals surface area contributed by atoms with Gasteiger partial charge in [-0.3, -0.25) is 4.79 Å². The Balaban J connectivity index is 2.09. The molecule has 1 fully saturated rings. The van der Waals surface area contributed by atoms with Gasteiger partial charge < -0.3 is 10.6 Å². The van der Waals surface area contributed by atoms with E-state index in [-0.39, 0.29) is 17.4 Å². The molecule has 0 radical (unpaired) electrons. The van der Waals surface area contributed by atoms with Crippen molar-refractivity contribution in [3.05, 3.63) is 34.9 Å². The molecule has 1 aromatic rings. The summed E-state index contributed by atoms with van der Waals surface area (Å²) in [5, 5.41) is 7.11. The molecule has 4 heteroatoms. The van der Waals surface area contributed by atoms with Crippen molar-refractivity contribution in [2.75, 3.05) is 13.1 Å². The van der Waals surface area contributed by atoms with Crippen molar-refractivity contribution in [3.8, 4) is 0 Å². The number of carbonyl (C=O) groups excluding carboxylic acids is 1. The summed E-state index contributed by atoms with van der Waals surface area (Å²) in [5.41, 5.74) is 0.782. The fraction of sp³-hybridized carbons (Fsp3) is 0.533. The molecule has 0 spiro atoms. The van der Waals surface area contributed by atoms with E-state index in [1.165, 1.54) is 0 Å². The molecule has 1 heterocycles. The normalized spacial score (nSPS) is 24.2. The Bertz CT molecular complexity index is 455. The average molecular weight is 281 g/mol. The molecule has 104 valence electrons. The van der Waals surface area contributed by atoms with Crippen molar-refractivity contribution in [3.63, 3.8) is 0 Å². The molecule has 0 bridgehead atoms. The van der Waals surface area contributed by atoms with E-state index in [9.17, 15) is 4.79 Å². The van der Waals surface area contributed by atoms with Gasteiger partial charge in [-0.1, -0.05) is 30.7 Å². The van der Waals surface area contributed by atoms with Crippen LogP contribution in [0.5, 0.6) is 0 Å². The van der Waals surface area contributed by atoms with Gasteiger partial charge in [-0.2, -0.15) is 0 Å². The molecule has 2 rings (SSSR count). The van der Waals surface area contributed by atoms with Gasteiger partial charge in [-0.05, 0) is 44.0 Å². The van der Waals surface area contributed by atoms with Crippen LogP contribution in [-0.2, 0) is 4.79 Å². The Kier molecular flexibility index (Phi) is 4.48. The first-order valence-electron chi connectivity index (χ1n) is 6.82. The van der Waals surface area contributed by atoms with Crippen LogP contribution in [0.2, 0.25) is 5.02 Å². The smallest absolute Gasteiger partial charge is 0.227 e. The van der Waals surface area contributed by atoms with Gasteiger partial charge in [0.05, 0.1) is 11.5 Å². The second-order valence-corrected chi connectivity index (χ2v) is 5.91. The molecule has 0 aromatic heterocycles. The van der Waals surface area contributed by atoms with E-state index in [4.69, 9.17) is 11.6 Å². The van der Waals surface area contributed by atoms with E-state index in [1.54, 1.807) is 0 Å². The highest BCUT2D eigenvalue weighted by atomic mass is 35.5. The van der Waals surface area contributed by atoms with Crippen LogP contribution in [0.15, 0.2) is 24.3 Å². The molecule has 19 heavy (non-hydrogen) atoms. The molecule has 0 aliphatic carbocycles. The predicted molar refractivity (Wildman–Crippen MR) is 78.2 cm³/mol. The molecule has 1 aliphatic rings. The fourth-order valence-electron chi connectivity index (χ4n) is 2.49. The number of hydrogen-bond acceptors (Lipinski definition) is 2. The molecule has 0 saturated carbocycles. The Hall–Kier alpha value is -1.06. The van der Waals surface area contributed by atoms with Crippen LogP contribution in [-0.4, -0.2) is 19.0 Å². The van der Waals surface area contributed by atoms with Crippen LogP contribution in [0.4, 0.5) is 0 Å². The Morgan fingerprint density at radius 3 is 2.95 bits per heavy atom. The minimum absolute atomic E-state index is 0.0311. The zero-order valence-electron chi connectivity index (χ0n) is 11.5. The lowest BCUT2D eigenvalue weighted by Gasteiger charge is -2.26. The third kappa shape index (κ3) is 3.28. The minimum atomic E-state index is -0.286. The fourth-order valence-corrected chi connectivity index (χ4v) is 2.69. The van der Waals surface area contributed by atoms with E-state index in [2.05, 4.69) is 17.6 Å². The second-order valence-electron chi connectivity index (χ2n) is 5.48. The molecule has 2 unspecified atom stereocenters. The van der Waals surface area contributed by atoms with Crippen molar-refractivity contribution in [2.24, 2.45) is 5.41 Å². The van der Waals surface area contributed by atoms with Gasteiger partial charge >= 0.3 is 0 Å². The minimum Gasteiger partial charge on any atom is -0.349 e. The zero-order valence-corrected chi connectivity index (χ0v) is 12.3. The monoisotopic (exact) mass is 280 g/mol. The Labute approximate surface area is 119 Å². The summed E-state index contributed by atoms with van der Waals surface area (Å²) in [6, 6.07) is 7.73. The van der Waals surface area contributed by atoms with Crippen LogP contribution in [0.1, 0.15) is 38.3 Å². The van der Waals surface area contributed by atoms with Crippen molar-refractivity contribution in [1.82, 2.24) is 10.6 Å². The highest BCUT2D eigenvalue weighted by molar-refractivity contribution is 6.30. The summed E-state index contributed by atoms with van der Waals surface area (Å²) < 4.78 is 0. The van der Waals surface area contributed by atoms with Crippen molar-refractivity contribution < 1.29 is 4.79 Å². The predicted octanol–water partition coefficient (Wildman–Crippen LogP) is 2.91.